The number of aliphatic hydroxyl groups is 1. The summed E-state index contributed by atoms with van der Waals surface area (Å²) in [5.74, 6) is 0.881. The van der Waals surface area contributed by atoms with Crippen molar-refractivity contribution in [3.63, 3.8) is 0 Å². The monoisotopic (exact) mass is 251 g/mol. The van der Waals surface area contributed by atoms with Gasteiger partial charge in [-0.1, -0.05) is 25.5 Å². The molecule has 0 aliphatic heterocycles. The first-order valence-electron chi connectivity index (χ1n) is 6.69. The van der Waals surface area contributed by atoms with Crippen LogP contribution in [0.25, 0.3) is 0 Å². The minimum absolute atomic E-state index is 0.392. The SMILES string of the molecule is CCCCOc1ccc(C(O)CCN(C)C)cc1. The molecular formula is C15H25NO2. The van der Waals surface area contributed by atoms with Crippen molar-refractivity contribution in [2.24, 2.45) is 0 Å². The number of rotatable bonds is 8. The molecule has 1 aromatic carbocycles. The first-order chi connectivity index (χ1) is 8.63. The number of benzene rings is 1. The van der Waals surface area contributed by atoms with E-state index < -0.39 is 6.10 Å². The smallest absolute Gasteiger partial charge is 0.119 e. The molecule has 1 unspecified atom stereocenters. The molecule has 1 aromatic rings. The number of unbranched alkanes of at least 4 members (excludes halogenated alkanes) is 1. The van der Waals surface area contributed by atoms with Gasteiger partial charge in [0.2, 0.25) is 0 Å². The molecule has 0 aliphatic carbocycles. The summed E-state index contributed by atoms with van der Waals surface area (Å²) in [4.78, 5) is 2.07. The summed E-state index contributed by atoms with van der Waals surface area (Å²) < 4.78 is 5.59. The van der Waals surface area contributed by atoms with E-state index in [4.69, 9.17) is 4.74 Å². The van der Waals surface area contributed by atoms with Gasteiger partial charge in [0.15, 0.2) is 0 Å². The van der Waals surface area contributed by atoms with Crippen LogP contribution in [0.2, 0.25) is 0 Å². The Morgan fingerprint density at radius 3 is 2.44 bits per heavy atom. The van der Waals surface area contributed by atoms with Crippen molar-refractivity contribution in [2.45, 2.75) is 32.3 Å². The number of aliphatic hydroxyl groups excluding tert-OH is 1. The van der Waals surface area contributed by atoms with Gasteiger partial charge in [-0.15, -0.1) is 0 Å². The predicted molar refractivity (Wildman–Crippen MR) is 75.0 cm³/mol. The fraction of sp³-hybridized carbons (Fsp3) is 0.600. The zero-order valence-electron chi connectivity index (χ0n) is 11.7. The Morgan fingerprint density at radius 2 is 1.89 bits per heavy atom. The van der Waals surface area contributed by atoms with Crippen LogP contribution in [0.3, 0.4) is 0 Å². The number of hydrogen-bond donors (Lipinski definition) is 1. The van der Waals surface area contributed by atoms with Gasteiger partial charge in [0.1, 0.15) is 5.75 Å². The molecule has 0 aromatic heterocycles. The van der Waals surface area contributed by atoms with Crippen molar-refractivity contribution in [1.29, 1.82) is 0 Å². The molecule has 102 valence electrons. The van der Waals surface area contributed by atoms with Crippen LogP contribution < -0.4 is 4.74 Å². The van der Waals surface area contributed by atoms with Gasteiger partial charge in [0, 0.05) is 6.54 Å². The van der Waals surface area contributed by atoms with Crippen LogP contribution in [0.1, 0.15) is 37.9 Å². The van der Waals surface area contributed by atoms with E-state index in [-0.39, 0.29) is 0 Å². The molecule has 3 heteroatoms. The van der Waals surface area contributed by atoms with E-state index in [9.17, 15) is 5.11 Å². The lowest BCUT2D eigenvalue weighted by Crippen LogP contribution is -2.15. The number of nitrogens with zero attached hydrogens (tertiary/aromatic N) is 1. The maximum atomic E-state index is 10.0. The molecule has 0 bridgehead atoms. The maximum absolute atomic E-state index is 10.0. The van der Waals surface area contributed by atoms with Crippen molar-refractivity contribution in [3.05, 3.63) is 29.8 Å². The van der Waals surface area contributed by atoms with E-state index in [1.165, 1.54) is 0 Å². The molecule has 1 N–H and O–H groups in total. The van der Waals surface area contributed by atoms with Crippen LogP contribution in [0.4, 0.5) is 0 Å². The van der Waals surface area contributed by atoms with E-state index in [0.29, 0.717) is 0 Å². The second-order valence-electron chi connectivity index (χ2n) is 4.88. The lowest BCUT2D eigenvalue weighted by Gasteiger charge is -2.15. The van der Waals surface area contributed by atoms with Gasteiger partial charge < -0.3 is 14.7 Å². The highest BCUT2D eigenvalue weighted by Gasteiger charge is 2.07. The fourth-order valence-corrected chi connectivity index (χ4v) is 1.67. The molecule has 1 atom stereocenters. The summed E-state index contributed by atoms with van der Waals surface area (Å²) in [6, 6.07) is 7.76. The molecule has 1 rings (SSSR count). The highest BCUT2D eigenvalue weighted by molar-refractivity contribution is 5.28. The van der Waals surface area contributed by atoms with Gasteiger partial charge in [0.05, 0.1) is 12.7 Å². The normalized spacial score (nSPS) is 12.7. The van der Waals surface area contributed by atoms with Crippen molar-refractivity contribution in [1.82, 2.24) is 4.90 Å². The van der Waals surface area contributed by atoms with E-state index in [2.05, 4.69) is 11.8 Å². The molecule has 3 nitrogen and oxygen atoms in total. The summed E-state index contributed by atoms with van der Waals surface area (Å²) >= 11 is 0. The Hall–Kier alpha value is -1.06. The third kappa shape index (κ3) is 5.52. The van der Waals surface area contributed by atoms with Gasteiger partial charge in [-0.3, -0.25) is 0 Å². The van der Waals surface area contributed by atoms with Crippen LogP contribution in [0.5, 0.6) is 5.75 Å². The average molecular weight is 251 g/mol. The van der Waals surface area contributed by atoms with Gasteiger partial charge in [-0.25, -0.2) is 0 Å². The lowest BCUT2D eigenvalue weighted by atomic mass is 10.1. The van der Waals surface area contributed by atoms with Crippen LogP contribution in [0.15, 0.2) is 24.3 Å². The van der Waals surface area contributed by atoms with Crippen molar-refractivity contribution < 1.29 is 9.84 Å². The van der Waals surface area contributed by atoms with E-state index in [1.54, 1.807) is 0 Å². The van der Waals surface area contributed by atoms with E-state index >= 15 is 0 Å². The maximum Gasteiger partial charge on any atom is 0.119 e. The molecule has 0 saturated heterocycles. The molecular weight excluding hydrogens is 226 g/mol. The molecule has 0 fully saturated rings. The van der Waals surface area contributed by atoms with Gasteiger partial charge >= 0.3 is 0 Å². The largest absolute Gasteiger partial charge is 0.494 e. The molecule has 0 spiro atoms. The van der Waals surface area contributed by atoms with E-state index in [0.717, 1.165) is 43.7 Å². The minimum Gasteiger partial charge on any atom is -0.494 e. The average Bonchev–Trinajstić information content (AvgIpc) is 2.37. The zero-order chi connectivity index (χ0) is 13.4. The Morgan fingerprint density at radius 1 is 1.22 bits per heavy atom. The summed E-state index contributed by atoms with van der Waals surface area (Å²) in [5.41, 5.74) is 0.958. The Kier molecular flexibility index (Phi) is 6.76. The highest BCUT2D eigenvalue weighted by Crippen LogP contribution is 2.20. The lowest BCUT2D eigenvalue weighted by molar-refractivity contribution is 0.154. The van der Waals surface area contributed by atoms with Crippen LogP contribution in [-0.2, 0) is 0 Å². The Bertz CT molecular complexity index is 322. The first-order valence-corrected chi connectivity index (χ1v) is 6.69. The van der Waals surface area contributed by atoms with Crippen LogP contribution in [0, 0.1) is 0 Å². The van der Waals surface area contributed by atoms with E-state index in [1.807, 2.05) is 38.4 Å². The van der Waals surface area contributed by atoms with Crippen molar-refractivity contribution in [3.8, 4) is 5.75 Å². The summed E-state index contributed by atoms with van der Waals surface area (Å²) in [7, 11) is 4.02. The predicted octanol–water partition coefficient (Wildman–Crippen LogP) is 2.85. The molecule has 18 heavy (non-hydrogen) atoms. The van der Waals surface area contributed by atoms with Crippen LogP contribution >= 0.6 is 0 Å². The fourth-order valence-electron chi connectivity index (χ4n) is 1.67. The first kappa shape index (κ1) is 15.0. The number of hydrogen-bond acceptors (Lipinski definition) is 3. The second-order valence-corrected chi connectivity index (χ2v) is 4.88. The topological polar surface area (TPSA) is 32.7 Å². The zero-order valence-corrected chi connectivity index (χ0v) is 11.7. The third-order valence-corrected chi connectivity index (χ3v) is 2.88. The second kappa shape index (κ2) is 8.11. The summed E-state index contributed by atoms with van der Waals surface area (Å²) in [6.45, 7) is 3.79. The Balaban J connectivity index is 2.43. The minimum atomic E-state index is -0.392. The highest BCUT2D eigenvalue weighted by atomic mass is 16.5. The molecule has 0 amide bonds. The molecule has 0 radical (unpaired) electrons. The van der Waals surface area contributed by atoms with Gasteiger partial charge in [-0.2, -0.15) is 0 Å². The van der Waals surface area contributed by atoms with Crippen LogP contribution in [-0.4, -0.2) is 37.3 Å². The summed E-state index contributed by atoms with van der Waals surface area (Å²) in [5, 5.41) is 10.0. The van der Waals surface area contributed by atoms with Gasteiger partial charge in [0.25, 0.3) is 0 Å². The number of ether oxygens (including phenoxy) is 1. The quantitative estimate of drug-likeness (QED) is 0.721. The van der Waals surface area contributed by atoms with Gasteiger partial charge in [-0.05, 0) is 44.6 Å². The molecule has 0 heterocycles. The Labute approximate surface area is 110 Å². The molecule has 0 saturated carbocycles. The summed E-state index contributed by atoms with van der Waals surface area (Å²) in [6.07, 6.45) is 2.58. The van der Waals surface area contributed by atoms with Crippen molar-refractivity contribution >= 4 is 0 Å². The molecule has 0 aliphatic rings. The van der Waals surface area contributed by atoms with Crippen molar-refractivity contribution in [2.75, 3.05) is 27.2 Å². The standard InChI is InChI=1S/C15H25NO2/c1-4-5-12-18-14-8-6-13(7-9-14)15(17)10-11-16(2)3/h6-9,15,17H,4-5,10-12H2,1-3H3. The third-order valence-electron chi connectivity index (χ3n) is 2.88.